The van der Waals surface area contributed by atoms with E-state index in [1.165, 1.54) is 11.1 Å². The second-order valence-electron chi connectivity index (χ2n) is 5.99. The van der Waals surface area contributed by atoms with E-state index in [2.05, 4.69) is 45.7 Å². The number of imidazole rings is 1. The summed E-state index contributed by atoms with van der Waals surface area (Å²) in [5.74, 6) is 1.27. The molecule has 5 heteroatoms. The Hall–Kier alpha value is -2.95. The normalized spacial score (nSPS) is 11.2. The fourth-order valence-corrected chi connectivity index (χ4v) is 2.77. The van der Waals surface area contributed by atoms with E-state index in [1.54, 1.807) is 0 Å². The van der Waals surface area contributed by atoms with Crippen LogP contribution in [0.1, 0.15) is 17.0 Å². The summed E-state index contributed by atoms with van der Waals surface area (Å²) in [5, 5.41) is 4.08. The first-order valence-corrected chi connectivity index (χ1v) is 8.01. The summed E-state index contributed by atoms with van der Waals surface area (Å²) in [4.78, 5) is 8.96. The Morgan fingerprint density at radius 3 is 2.67 bits per heavy atom. The van der Waals surface area contributed by atoms with E-state index < -0.39 is 0 Å². The summed E-state index contributed by atoms with van der Waals surface area (Å²) in [6, 6.07) is 14.1. The highest BCUT2D eigenvalue weighted by Crippen LogP contribution is 2.19. The molecule has 4 aromatic rings. The molecular weight excluding hydrogens is 300 g/mol. The lowest BCUT2D eigenvalue weighted by Crippen LogP contribution is -2.01. The van der Waals surface area contributed by atoms with E-state index >= 15 is 0 Å². The molecular formula is C19H18N4O. The van der Waals surface area contributed by atoms with Crippen LogP contribution in [0.3, 0.4) is 0 Å². The zero-order chi connectivity index (χ0) is 16.5. The molecule has 0 atom stereocenters. The van der Waals surface area contributed by atoms with Gasteiger partial charge in [0.05, 0.1) is 17.4 Å². The van der Waals surface area contributed by atoms with E-state index in [-0.39, 0.29) is 0 Å². The first-order chi connectivity index (χ1) is 11.7. The molecule has 0 saturated carbocycles. The van der Waals surface area contributed by atoms with Crippen molar-refractivity contribution in [2.75, 3.05) is 0 Å². The van der Waals surface area contributed by atoms with Gasteiger partial charge in [-0.2, -0.15) is 4.98 Å². The average Bonchev–Trinajstić information content (AvgIpc) is 3.22. The van der Waals surface area contributed by atoms with Crippen LogP contribution in [0, 0.1) is 13.8 Å². The standard InChI is InChI=1S/C19H18N4O/c1-13-10-16-17(11-14(13)2)23(12-20-16)9-8-18-21-19(24-22-18)15-6-4-3-5-7-15/h3-7,10-12H,8-9H2,1-2H3. The molecule has 0 saturated heterocycles. The largest absolute Gasteiger partial charge is 0.334 e. The Morgan fingerprint density at radius 2 is 1.83 bits per heavy atom. The van der Waals surface area contributed by atoms with Crippen LogP contribution < -0.4 is 0 Å². The minimum absolute atomic E-state index is 0.563. The van der Waals surface area contributed by atoms with E-state index in [9.17, 15) is 0 Å². The predicted octanol–water partition coefficient (Wildman–Crippen LogP) is 3.95. The van der Waals surface area contributed by atoms with Gasteiger partial charge >= 0.3 is 0 Å². The number of fused-ring (bicyclic) bond motifs is 1. The molecule has 4 rings (SSSR count). The van der Waals surface area contributed by atoms with Crippen LogP contribution in [0.5, 0.6) is 0 Å². The minimum atomic E-state index is 0.563. The summed E-state index contributed by atoms with van der Waals surface area (Å²) in [7, 11) is 0. The molecule has 5 nitrogen and oxygen atoms in total. The molecule has 0 amide bonds. The number of hydrogen-bond acceptors (Lipinski definition) is 4. The van der Waals surface area contributed by atoms with Crippen LogP contribution in [0.25, 0.3) is 22.5 Å². The van der Waals surface area contributed by atoms with Gasteiger partial charge in [-0.1, -0.05) is 23.4 Å². The topological polar surface area (TPSA) is 56.7 Å². The second kappa shape index (κ2) is 5.92. The summed E-state index contributed by atoms with van der Waals surface area (Å²) in [6.45, 7) is 5.00. The van der Waals surface area contributed by atoms with Gasteiger partial charge in [0.25, 0.3) is 5.89 Å². The zero-order valence-corrected chi connectivity index (χ0v) is 13.7. The van der Waals surface area contributed by atoms with Crippen LogP contribution in [-0.4, -0.2) is 19.7 Å². The van der Waals surface area contributed by atoms with E-state index in [1.807, 2.05) is 36.7 Å². The molecule has 0 aliphatic carbocycles. The molecule has 0 fully saturated rings. The van der Waals surface area contributed by atoms with Gasteiger partial charge in [0.2, 0.25) is 0 Å². The van der Waals surface area contributed by atoms with Crippen molar-refractivity contribution >= 4 is 11.0 Å². The molecule has 2 aromatic carbocycles. The number of rotatable bonds is 4. The summed E-state index contributed by atoms with van der Waals surface area (Å²) < 4.78 is 7.50. The van der Waals surface area contributed by atoms with Crippen molar-refractivity contribution in [2.45, 2.75) is 26.8 Å². The summed E-state index contributed by atoms with van der Waals surface area (Å²) >= 11 is 0. The SMILES string of the molecule is Cc1cc2ncn(CCc3noc(-c4ccccc4)n3)c2cc1C. The lowest BCUT2D eigenvalue weighted by Gasteiger charge is -2.04. The van der Waals surface area contributed by atoms with E-state index in [0.29, 0.717) is 18.1 Å². The van der Waals surface area contributed by atoms with Crippen molar-refractivity contribution in [1.82, 2.24) is 19.7 Å². The van der Waals surface area contributed by atoms with Crippen molar-refractivity contribution in [3.63, 3.8) is 0 Å². The van der Waals surface area contributed by atoms with Crippen LogP contribution in [-0.2, 0) is 13.0 Å². The van der Waals surface area contributed by atoms with Crippen LogP contribution >= 0.6 is 0 Å². The highest BCUT2D eigenvalue weighted by molar-refractivity contribution is 5.77. The quantitative estimate of drug-likeness (QED) is 0.572. The highest BCUT2D eigenvalue weighted by Gasteiger charge is 2.10. The lowest BCUT2D eigenvalue weighted by atomic mass is 10.1. The molecule has 120 valence electrons. The maximum absolute atomic E-state index is 5.36. The molecule has 0 radical (unpaired) electrons. The lowest BCUT2D eigenvalue weighted by molar-refractivity contribution is 0.420. The molecule has 0 N–H and O–H groups in total. The molecule has 0 bridgehead atoms. The number of benzene rings is 2. The van der Waals surface area contributed by atoms with E-state index in [4.69, 9.17) is 4.52 Å². The van der Waals surface area contributed by atoms with Gasteiger partial charge in [-0.15, -0.1) is 0 Å². The Balaban J connectivity index is 1.53. The Kier molecular flexibility index (Phi) is 3.61. The van der Waals surface area contributed by atoms with Crippen molar-refractivity contribution in [3.8, 4) is 11.5 Å². The van der Waals surface area contributed by atoms with Gasteiger partial charge in [0.15, 0.2) is 5.82 Å². The fourth-order valence-electron chi connectivity index (χ4n) is 2.77. The van der Waals surface area contributed by atoms with Gasteiger partial charge in [0, 0.05) is 18.5 Å². The third-order valence-corrected chi connectivity index (χ3v) is 4.30. The number of nitrogens with zero attached hydrogens (tertiary/aromatic N) is 4. The van der Waals surface area contributed by atoms with Gasteiger partial charge in [-0.25, -0.2) is 4.98 Å². The Labute approximate surface area is 140 Å². The van der Waals surface area contributed by atoms with Crippen molar-refractivity contribution in [2.24, 2.45) is 0 Å². The van der Waals surface area contributed by atoms with Crippen LogP contribution in [0.2, 0.25) is 0 Å². The van der Waals surface area contributed by atoms with Crippen LogP contribution in [0.15, 0.2) is 53.3 Å². The monoisotopic (exact) mass is 318 g/mol. The van der Waals surface area contributed by atoms with Crippen molar-refractivity contribution in [1.29, 1.82) is 0 Å². The molecule has 0 aliphatic rings. The third-order valence-electron chi connectivity index (χ3n) is 4.30. The molecule has 24 heavy (non-hydrogen) atoms. The highest BCUT2D eigenvalue weighted by atomic mass is 16.5. The number of hydrogen-bond donors (Lipinski definition) is 0. The summed E-state index contributed by atoms with van der Waals surface area (Å²) in [6.07, 6.45) is 2.58. The maximum Gasteiger partial charge on any atom is 0.257 e. The zero-order valence-electron chi connectivity index (χ0n) is 13.7. The molecule has 0 spiro atoms. The van der Waals surface area contributed by atoms with Crippen molar-refractivity contribution in [3.05, 3.63) is 65.7 Å². The minimum Gasteiger partial charge on any atom is -0.334 e. The van der Waals surface area contributed by atoms with Crippen LogP contribution in [0.4, 0.5) is 0 Å². The Bertz CT molecular complexity index is 985. The van der Waals surface area contributed by atoms with Gasteiger partial charge in [-0.3, -0.25) is 0 Å². The maximum atomic E-state index is 5.36. The number of aromatic nitrogens is 4. The summed E-state index contributed by atoms with van der Waals surface area (Å²) in [5.41, 5.74) is 5.64. The second-order valence-corrected chi connectivity index (χ2v) is 5.99. The van der Waals surface area contributed by atoms with E-state index in [0.717, 1.165) is 23.1 Å². The third kappa shape index (κ3) is 2.69. The van der Waals surface area contributed by atoms with Gasteiger partial charge in [-0.05, 0) is 49.2 Å². The first-order valence-electron chi connectivity index (χ1n) is 8.01. The molecule has 0 aliphatic heterocycles. The van der Waals surface area contributed by atoms with Gasteiger partial charge < -0.3 is 9.09 Å². The molecule has 2 aromatic heterocycles. The Morgan fingerprint density at radius 1 is 1.04 bits per heavy atom. The van der Waals surface area contributed by atoms with Crippen molar-refractivity contribution < 1.29 is 4.52 Å². The molecule has 0 unspecified atom stereocenters. The average molecular weight is 318 g/mol. The van der Waals surface area contributed by atoms with Gasteiger partial charge in [0.1, 0.15) is 0 Å². The fraction of sp³-hybridized carbons (Fsp3) is 0.211. The smallest absolute Gasteiger partial charge is 0.257 e. The first kappa shape index (κ1) is 14.6. The number of aryl methyl sites for hydroxylation is 4. The molecule has 2 heterocycles. The predicted molar refractivity (Wildman–Crippen MR) is 92.6 cm³/mol.